The average Bonchev–Trinajstić information content (AvgIpc) is 2.34. The number of imidazole rings is 1. The van der Waals surface area contributed by atoms with Crippen molar-refractivity contribution in [3.8, 4) is 0 Å². The van der Waals surface area contributed by atoms with Gasteiger partial charge in [0, 0.05) is 19.3 Å². The summed E-state index contributed by atoms with van der Waals surface area (Å²) in [7, 11) is 2.03. The Kier molecular flexibility index (Phi) is 2.17. The molecule has 0 bridgehead atoms. The Morgan fingerprint density at radius 2 is 2.18 bits per heavy atom. The van der Waals surface area contributed by atoms with Crippen molar-refractivity contribution in [2.24, 2.45) is 0 Å². The molecule has 1 aromatic rings. The summed E-state index contributed by atoms with van der Waals surface area (Å²) in [5.41, 5.74) is 1.03. The van der Waals surface area contributed by atoms with Crippen molar-refractivity contribution in [2.75, 3.05) is 11.9 Å². The van der Waals surface area contributed by atoms with Gasteiger partial charge in [0.1, 0.15) is 0 Å². The second-order valence-electron chi connectivity index (χ2n) is 3.07. The van der Waals surface area contributed by atoms with Gasteiger partial charge in [-0.1, -0.05) is 0 Å². The minimum atomic E-state index is 0.487. The number of aromatic nitrogens is 2. The van der Waals surface area contributed by atoms with Gasteiger partial charge < -0.3 is 9.88 Å². The van der Waals surface area contributed by atoms with Gasteiger partial charge in [0.25, 0.3) is 0 Å². The summed E-state index contributed by atoms with van der Waals surface area (Å²) in [5.74, 6) is 0.942. The van der Waals surface area contributed by atoms with Crippen LogP contribution in [0.4, 0.5) is 5.95 Å². The van der Waals surface area contributed by atoms with E-state index in [1.165, 1.54) is 0 Å². The zero-order chi connectivity index (χ0) is 8.43. The minimum absolute atomic E-state index is 0.487. The largest absolute Gasteiger partial charge is 0.343 e. The van der Waals surface area contributed by atoms with E-state index in [-0.39, 0.29) is 0 Å². The molecule has 0 unspecified atom stereocenters. The summed E-state index contributed by atoms with van der Waals surface area (Å²) < 4.78 is 0. The molecule has 0 aliphatic heterocycles. The Morgan fingerprint density at radius 3 is 2.55 bits per heavy atom. The summed E-state index contributed by atoms with van der Waals surface area (Å²) in [5, 5.41) is 0. The zero-order valence-corrected chi connectivity index (χ0v) is 7.55. The van der Waals surface area contributed by atoms with Gasteiger partial charge >= 0.3 is 0 Å². The van der Waals surface area contributed by atoms with Gasteiger partial charge in [-0.05, 0) is 20.8 Å². The van der Waals surface area contributed by atoms with Crippen molar-refractivity contribution in [1.29, 1.82) is 0 Å². The number of anilines is 1. The molecule has 0 saturated heterocycles. The lowest BCUT2D eigenvalue weighted by atomic mass is 10.4. The van der Waals surface area contributed by atoms with Crippen molar-refractivity contribution in [1.82, 2.24) is 9.97 Å². The Hall–Kier alpha value is -0.990. The molecule has 0 radical (unpaired) electrons. The number of nitrogens with zero attached hydrogens (tertiary/aromatic N) is 2. The number of rotatable bonds is 2. The van der Waals surface area contributed by atoms with Gasteiger partial charge in [0.15, 0.2) is 0 Å². The van der Waals surface area contributed by atoms with Crippen molar-refractivity contribution < 1.29 is 0 Å². The molecule has 1 heterocycles. The lowest BCUT2D eigenvalue weighted by Crippen LogP contribution is -2.26. The van der Waals surface area contributed by atoms with E-state index in [1.54, 1.807) is 0 Å². The molecule has 0 fully saturated rings. The first-order valence-electron chi connectivity index (χ1n) is 3.86. The Bertz CT molecular complexity index is 227. The fraction of sp³-hybridized carbons (Fsp3) is 0.625. The molecule has 3 nitrogen and oxygen atoms in total. The molecule has 62 valence electrons. The first-order chi connectivity index (χ1) is 5.11. The molecule has 11 heavy (non-hydrogen) atoms. The van der Waals surface area contributed by atoms with E-state index in [1.807, 2.05) is 20.2 Å². The van der Waals surface area contributed by atoms with Crippen molar-refractivity contribution in [3.63, 3.8) is 0 Å². The van der Waals surface area contributed by atoms with Gasteiger partial charge in [-0.3, -0.25) is 0 Å². The van der Waals surface area contributed by atoms with Gasteiger partial charge in [0.05, 0.1) is 5.69 Å². The number of hydrogen-bond donors (Lipinski definition) is 1. The molecule has 1 N–H and O–H groups in total. The molecule has 0 aliphatic carbocycles. The molecular formula is C8H15N3. The standard InChI is InChI=1S/C8H15N3/c1-6(2)11(4)8-9-5-7(3)10-8/h5-6H,1-4H3,(H,9,10). The molecule has 0 aromatic carbocycles. The van der Waals surface area contributed by atoms with Crippen LogP contribution in [0.2, 0.25) is 0 Å². The smallest absolute Gasteiger partial charge is 0.202 e. The van der Waals surface area contributed by atoms with Gasteiger partial charge in [-0.25, -0.2) is 4.98 Å². The van der Waals surface area contributed by atoms with Crippen LogP contribution in [-0.4, -0.2) is 23.1 Å². The highest BCUT2D eigenvalue weighted by Gasteiger charge is 2.06. The first kappa shape index (κ1) is 8.11. The van der Waals surface area contributed by atoms with E-state index >= 15 is 0 Å². The molecular weight excluding hydrogens is 138 g/mol. The highest BCUT2D eigenvalue weighted by Crippen LogP contribution is 2.08. The Morgan fingerprint density at radius 1 is 1.55 bits per heavy atom. The van der Waals surface area contributed by atoms with Crippen LogP contribution in [0.25, 0.3) is 0 Å². The Balaban J connectivity index is 2.76. The second kappa shape index (κ2) is 2.95. The fourth-order valence-electron chi connectivity index (χ4n) is 0.826. The monoisotopic (exact) mass is 153 g/mol. The third kappa shape index (κ3) is 1.73. The predicted molar refractivity (Wildman–Crippen MR) is 46.9 cm³/mol. The van der Waals surface area contributed by atoms with E-state index in [4.69, 9.17) is 0 Å². The number of hydrogen-bond acceptors (Lipinski definition) is 2. The molecule has 0 atom stereocenters. The van der Waals surface area contributed by atoms with E-state index in [2.05, 4.69) is 28.7 Å². The maximum Gasteiger partial charge on any atom is 0.202 e. The SMILES string of the molecule is Cc1c[nH]c(N(C)C(C)C)n1. The van der Waals surface area contributed by atoms with Crippen molar-refractivity contribution >= 4 is 5.95 Å². The lowest BCUT2D eigenvalue weighted by molar-refractivity contribution is 0.734. The van der Waals surface area contributed by atoms with E-state index in [0.717, 1.165) is 11.6 Å². The topological polar surface area (TPSA) is 31.9 Å². The average molecular weight is 153 g/mol. The summed E-state index contributed by atoms with van der Waals surface area (Å²) in [6, 6.07) is 0.487. The van der Waals surface area contributed by atoms with Gasteiger partial charge in [-0.2, -0.15) is 0 Å². The molecule has 3 heteroatoms. The molecule has 0 saturated carbocycles. The van der Waals surface area contributed by atoms with Crippen LogP contribution >= 0.6 is 0 Å². The maximum atomic E-state index is 4.30. The Labute approximate surface area is 67.4 Å². The minimum Gasteiger partial charge on any atom is -0.343 e. The third-order valence-corrected chi connectivity index (χ3v) is 1.80. The highest BCUT2D eigenvalue weighted by molar-refractivity contribution is 5.30. The first-order valence-corrected chi connectivity index (χ1v) is 3.86. The van der Waals surface area contributed by atoms with Crippen LogP contribution in [-0.2, 0) is 0 Å². The molecule has 1 rings (SSSR count). The number of nitrogens with one attached hydrogen (secondary N) is 1. The van der Waals surface area contributed by atoms with Crippen molar-refractivity contribution in [2.45, 2.75) is 26.8 Å². The normalized spacial score (nSPS) is 10.6. The number of aryl methyl sites for hydroxylation is 1. The maximum absolute atomic E-state index is 4.30. The van der Waals surface area contributed by atoms with Crippen LogP contribution < -0.4 is 4.90 Å². The summed E-state index contributed by atoms with van der Waals surface area (Å²) in [4.78, 5) is 9.51. The molecule has 0 spiro atoms. The molecule has 1 aromatic heterocycles. The van der Waals surface area contributed by atoms with Gasteiger partial charge in [-0.15, -0.1) is 0 Å². The van der Waals surface area contributed by atoms with Crippen LogP contribution in [0.1, 0.15) is 19.5 Å². The summed E-state index contributed by atoms with van der Waals surface area (Å²) in [6.45, 7) is 6.25. The summed E-state index contributed by atoms with van der Waals surface area (Å²) in [6.07, 6.45) is 1.91. The summed E-state index contributed by atoms with van der Waals surface area (Å²) >= 11 is 0. The van der Waals surface area contributed by atoms with Crippen LogP contribution in [0.5, 0.6) is 0 Å². The van der Waals surface area contributed by atoms with E-state index in [9.17, 15) is 0 Å². The molecule has 0 aliphatic rings. The fourth-order valence-corrected chi connectivity index (χ4v) is 0.826. The van der Waals surface area contributed by atoms with E-state index in [0.29, 0.717) is 6.04 Å². The lowest BCUT2D eigenvalue weighted by Gasteiger charge is -2.19. The van der Waals surface area contributed by atoms with Crippen molar-refractivity contribution in [3.05, 3.63) is 11.9 Å². The number of aromatic amines is 1. The predicted octanol–water partition coefficient (Wildman–Crippen LogP) is 1.56. The third-order valence-electron chi connectivity index (χ3n) is 1.80. The highest BCUT2D eigenvalue weighted by atomic mass is 15.3. The van der Waals surface area contributed by atoms with E-state index < -0.39 is 0 Å². The second-order valence-corrected chi connectivity index (χ2v) is 3.07. The quantitative estimate of drug-likeness (QED) is 0.699. The number of H-pyrrole nitrogens is 1. The van der Waals surface area contributed by atoms with Crippen LogP contribution in [0, 0.1) is 6.92 Å². The van der Waals surface area contributed by atoms with Crippen LogP contribution in [0.15, 0.2) is 6.20 Å². The molecule has 0 amide bonds. The van der Waals surface area contributed by atoms with Crippen LogP contribution in [0.3, 0.4) is 0 Å². The van der Waals surface area contributed by atoms with Gasteiger partial charge in [0.2, 0.25) is 5.95 Å². The zero-order valence-electron chi connectivity index (χ0n) is 7.55.